The van der Waals surface area contributed by atoms with E-state index < -0.39 is 0 Å². The van der Waals surface area contributed by atoms with Gasteiger partial charge in [0.2, 0.25) is 5.43 Å². The third-order valence-electron chi connectivity index (χ3n) is 5.15. The second kappa shape index (κ2) is 7.26. The Bertz CT molecular complexity index is 1010. The number of carbonyl (C=O) groups excluding carboxylic acids is 1. The summed E-state index contributed by atoms with van der Waals surface area (Å²) >= 11 is 0. The summed E-state index contributed by atoms with van der Waals surface area (Å²) in [6.07, 6.45) is 9.01. The van der Waals surface area contributed by atoms with Crippen molar-refractivity contribution in [3.8, 4) is 5.75 Å². The lowest BCUT2D eigenvalue weighted by atomic mass is 9.97. The first-order valence-corrected chi connectivity index (χ1v) is 9.10. The summed E-state index contributed by atoms with van der Waals surface area (Å²) in [6.45, 7) is 2.15. The lowest BCUT2D eigenvalue weighted by Gasteiger charge is -2.32. The zero-order valence-corrected chi connectivity index (χ0v) is 15.2. The fourth-order valence-corrected chi connectivity index (χ4v) is 3.75. The first-order valence-electron chi connectivity index (χ1n) is 9.10. The maximum Gasteiger partial charge on any atom is 0.259 e. The monoisotopic (exact) mass is 366 g/mol. The number of piperidine rings is 1. The van der Waals surface area contributed by atoms with Gasteiger partial charge in [-0.2, -0.15) is 0 Å². The van der Waals surface area contributed by atoms with E-state index in [1.165, 1.54) is 6.20 Å². The zero-order valence-electron chi connectivity index (χ0n) is 15.2. The third-order valence-corrected chi connectivity index (χ3v) is 5.15. The summed E-state index contributed by atoms with van der Waals surface area (Å²) in [6, 6.07) is 5.24. The number of hydrogen-bond acceptors (Lipinski definition) is 4. The molecule has 7 heteroatoms. The first-order chi connectivity index (χ1) is 13.2. The van der Waals surface area contributed by atoms with Crippen LogP contribution >= 0.6 is 0 Å². The van der Waals surface area contributed by atoms with Gasteiger partial charge in [-0.15, -0.1) is 0 Å². The molecular weight excluding hydrogens is 344 g/mol. The molecule has 1 atom stereocenters. The summed E-state index contributed by atoms with van der Waals surface area (Å²) in [5.74, 6) is 0.740. The fourth-order valence-electron chi connectivity index (χ4n) is 3.75. The van der Waals surface area contributed by atoms with Crippen molar-refractivity contribution in [3.05, 3.63) is 58.9 Å². The van der Waals surface area contributed by atoms with Crippen LogP contribution in [0.1, 0.15) is 23.2 Å². The van der Waals surface area contributed by atoms with Gasteiger partial charge < -0.3 is 19.2 Å². The molecule has 1 N–H and O–H groups in total. The zero-order chi connectivity index (χ0) is 18.8. The number of likely N-dealkylation sites (tertiary alicyclic amines) is 1. The Morgan fingerprint density at radius 2 is 2.30 bits per heavy atom. The smallest absolute Gasteiger partial charge is 0.259 e. The van der Waals surface area contributed by atoms with Crippen molar-refractivity contribution in [1.82, 2.24) is 19.4 Å². The van der Waals surface area contributed by atoms with Crippen molar-refractivity contribution < 1.29 is 9.53 Å². The van der Waals surface area contributed by atoms with Crippen LogP contribution in [-0.2, 0) is 6.54 Å². The van der Waals surface area contributed by atoms with E-state index in [1.807, 2.05) is 10.8 Å². The first kappa shape index (κ1) is 17.3. The lowest BCUT2D eigenvalue weighted by molar-refractivity contribution is 0.0661. The van der Waals surface area contributed by atoms with Crippen LogP contribution in [0.5, 0.6) is 5.75 Å². The van der Waals surface area contributed by atoms with Crippen LogP contribution in [0.4, 0.5) is 0 Å². The number of aromatic nitrogens is 3. The molecule has 27 heavy (non-hydrogen) atoms. The average Bonchev–Trinajstić information content (AvgIpc) is 3.21. The number of hydrogen-bond donors (Lipinski definition) is 1. The lowest BCUT2D eigenvalue weighted by Crippen LogP contribution is -2.42. The van der Waals surface area contributed by atoms with Crippen LogP contribution in [0.25, 0.3) is 10.9 Å². The van der Waals surface area contributed by atoms with Crippen LogP contribution in [0.3, 0.4) is 0 Å². The minimum Gasteiger partial charge on any atom is -0.497 e. The Balaban J connectivity index is 1.58. The minimum atomic E-state index is -0.260. The van der Waals surface area contributed by atoms with Crippen LogP contribution < -0.4 is 10.2 Å². The number of fused-ring (bicyclic) bond motifs is 1. The van der Waals surface area contributed by atoms with Crippen LogP contribution in [0.15, 0.2) is 47.9 Å². The number of aromatic amines is 1. The normalized spacial score (nSPS) is 17.2. The van der Waals surface area contributed by atoms with Crippen molar-refractivity contribution in [2.75, 3.05) is 20.2 Å². The molecule has 0 bridgehead atoms. The fraction of sp³-hybridized carbons (Fsp3) is 0.350. The Morgan fingerprint density at radius 1 is 1.41 bits per heavy atom. The summed E-state index contributed by atoms with van der Waals surface area (Å²) in [4.78, 5) is 34.8. The van der Waals surface area contributed by atoms with E-state index >= 15 is 0 Å². The number of nitrogens with one attached hydrogen (secondary N) is 1. The average molecular weight is 366 g/mol. The van der Waals surface area contributed by atoms with E-state index in [-0.39, 0.29) is 16.9 Å². The van der Waals surface area contributed by atoms with Gasteiger partial charge in [-0.05, 0) is 37.0 Å². The number of amides is 1. The number of carbonyl (C=O) groups is 1. The molecule has 0 radical (unpaired) electrons. The van der Waals surface area contributed by atoms with Gasteiger partial charge in [0.05, 0.1) is 13.4 Å². The van der Waals surface area contributed by atoms with Crippen molar-refractivity contribution in [1.29, 1.82) is 0 Å². The molecule has 4 rings (SSSR count). The van der Waals surface area contributed by atoms with Crippen LogP contribution in [0.2, 0.25) is 0 Å². The molecule has 3 heterocycles. The summed E-state index contributed by atoms with van der Waals surface area (Å²) in [5, 5.41) is 0.465. The number of ether oxygens (including phenoxy) is 1. The standard InChI is InChI=1S/C20H22N4O3/c1-27-15-4-5-18-16(9-15)19(25)17(10-22-18)20(26)24-7-2-3-14(12-24)11-23-8-6-21-13-23/h4-6,8-10,13-14H,2-3,7,11-12H2,1H3,(H,22,25)/t14-/m0/s1. The molecule has 1 aromatic carbocycles. The molecule has 1 amide bonds. The molecule has 1 saturated heterocycles. The Hall–Kier alpha value is -3.09. The van der Waals surface area contributed by atoms with Gasteiger partial charge in [0.1, 0.15) is 11.3 Å². The Kier molecular flexibility index (Phi) is 4.66. The van der Waals surface area contributed by atoms with E-state index in [0.717, 1.165) is 19.4 Å². The van der Waals surface area contributed by atoms with E-state index in [0.29, 0.717) is 35.7 Å². The Labute approximate surface area is 156 Å². The molecule has 0 aliphatic carbocycles. The van der Waals surface area contributed by atoms with Crippen LogP contribution in [-0.4, -0.2) is 45.5 Å². The number of methoxy groups -OCH3 is 1. The molecule has 1 aliphatic heterocycles. The highest BCUT2D eigenvalue weighted by Crippen LogP contribution is 2.21. The van der Waals surface area contributed by atoms with Gasteiger partial charge in [0.25, 0.3) is 5.91 Å². The molecule has 7 nitrogen and oxygen atoms in total. The number of rotatable bonds is 4. The predicted octanol–water partition coefficient (Wildman–Crippen LogP) is 2.29. The number of nitrogens with zero attached hydrogens (tertiary/aromatic N) is 3. The van der Waals surface area contributed by atoms with Crippen molar-refractivity contribution in [3.63, 3.8) is 0 Å². The highest BCUT2D eigenvalue weighted by molar-refractivity contribution is 5.97. The molecule has 0 saturated carbocycles. The maximum atomic E-state index is 13.0. The molecule has 1 fully saturated rings. The van der Waals surface area contributed by atoms with Gasteiger partial charge in [0, 0.05) is 49.1 Å². The predicted molar refractivity (Wildman–Crippen MR) is 102 cm³/mol. The largest absolute Gasteiger partial charge is 0.497 e. The molecule has 2 aromatic heterocycles. The highest BCUT2D eigenvalue weighted by atomic mass is 16.5. The minimum absolute atomic E-state index is 0.180. The molecule has 3 aromatic rings. The van der Waals surface area contributed by atoms with Crippen molar-refractivity contribution in [2.24, 2.45) is 5.92 Å². The van der Waals surface area contributed by atoms with Crippen LogP contribution in [0, 0.1) is 5.92 Å². The molecule has 0 spiro atoms. The van der Waals surface area contributed by atoms with Gasteiger partial charge in [-0.3, -0.25) is 9.59 Å². The number of H-pyrrole nitrogens is 1. The molecule has 0 unspecified atom stereocenters. The maximum absolute atomic E-state index is 13.0. The van der Waals surface area contributed by atoms with E-state index in [4.69, 9.17) is 4.74 Å². The van der Waals surface area contributed by atoms with E-state index in [2.05, 4.69) is 9.97 Å². The summed E-state index contributed by atoms with van der Waals surface area (Å²) in [7, 11) is 1.55. The van der Waals surface area contributed by atoms with Crippen molar-refractivity contribution in [2.45, 2.75) is 19.4 Å². The SMILES string of the molecule is COc1ccc2[nH]cc(C(=O)N3CCC[C@@H](Cn4ccnc4)C3)c(=O)c2c1. The summed E-state index contributed by atoms with van der Waals surface area (Å²) in [5.41, 5.74) is 0.609. The summed E-state index contributed by atoms with van der Waals surface area (Å²) < 4.78 is 7.24. The van der Waals surface area contributed by atoms with Gasteiger partial charge in [-0.25, -0.2) is 4.98 Å². The van der Waals surface area contributed by atoms with Crippen molar-refractivity contribution >= 4 is 16.8 Å². The number of imidazole rings is 1. The van der Waals surface area contributed by atoms with Gasteiger partial charge >= 0.3 is 0 Å². The molecule has 140 valence electrons. The quantitative estimate of drug-likeness (QED) is 0.768. The van der Waals surface area contributed by atoms with E-state index in [1.54, 1.807) is 42.7 Å². The second-order valence-electron chi connectivity index (χ2n) is 6.96. The topological polar surface area (TPSA) is 80.2 Å². The number of pyridine rings is 1. The Morgan fingerprint density at radius 3 is 3.07 bits per heavy atom. The molecule has 1 aliphatic rings. The van der Waals surface area contributed by atoms with E-state index in [9.17, 15) is 9.59 Å². The highest BCUT2D eigenvalue weighted by Gasteiger charge is 2.26. The van der Waals surface area contributed by atoms with Gasteiger partial charge in [0.15, 0.2) is 0 Å². The second-order valence-corrected chi connectivity index (χ2v) is 6.96. The number of benzene rings is 1. The third kappa shape index (κ3) is 3.45. The van der Waals surface area contributed by atoms with Gasteiger partial charge in [-0.1, -0.05) is 0 Å². The molecular formula is C20H22N4O3.